The molecule has 0 saturated carbocycles. The number of hydrogen-bond acceptors (Lipinski definition) is 6. The molecule has 0 radical (unpaired) electrons. The Balaban J connectivity index is 2.44. The fraction of sp³-hybridized carbons (Fsp3) is 0.417. The first-order valence-electron chi connectivity index (χ1n) is 5.65. The van der Waals surface area contributed by atoms with Gasteiger partial charge in [-0.05, 0) is 10.8 Å². The third-order valence-electron chi connectivity index (χ3n) is 2.83. The molecule has 0 saturated heterocycles. The van der Waals surface area contributed by atoms with Crippen molar-refractivity contribution in [1.29, 1.82) is 0 Å². The van der Waals surface area contributed by atoms with Gasteiger partial charge in [0.05, 0.1) is 14.2 Å². The summed E-state index contributed by atoms with van der Waals surface area (Å²) < 4.78 is 11.6. The number of ketones is 1. The number of hydrogen-bond donors (Lipinski definition) is 1. The van der Waals surface area contributed by atoms with Crippen molar-refractivity contribution in [3.05, 3.63) is 18.2 Å². The fourth-order valence-electron chi connectivity index (χ4n) is 1.87. The van der Waals surface area contributed by atoms with Crippen LogP contribution >= 0.6 is 0 Å². The van der Waals surface area contributed by atoms with Crippen LogP contribution in [0.4, 0.5) is 5.69 Å². The Labute approximate surface area is 110 Å². The summed E-state index contributed by atoms with van der Waals surface area (Å²) in [6.45, 7) is 1.36. The van der Waals surface area contributed by atoms with E-state index < -0.39 is 12.3 Å². The molecule has 7 heteroatoms. The van der Waals surface area contributed by atoms with Crippen molar-refractivity contribution in [2.45, 2.75) is 19.3 Å². The summed E-state index contributed by atoms with van der Waals surface area (Å²) in [4.78, 5) is 16.3. The molecule has 0 amide bonds. The van der Waals surface area contributed by atoms with Gasteiger partial charge in [-0.1, -0.05) is 0 Å². The number of aliphatic hydroxyl groups excluding tert-OH is 1. The van der Waals surface area contributed by atoms with Crippen LogP contribution < -0.4 is 9.47 Å². The Morgan fingerprint density at radius 3 is 2.74 bits per heavy atom. The second kappa shape index (κ2) is 5.23. The van der Waals surface area contributed by atoms with E-state index in [1.54, 1.807) is 25.3 Å². The highest BCUT2D eigenvalue weighted by Crippen LogP contribution is 2.34. The van der Waals surface area contributed by atoms with Crippen LogP contribution in [0.2, 0.25) is 0 Å². The zero-order valence-electron chi connectivity index (χ0n) is 10.9. The minimum atomic E-state index is -1.29. The van der Waals surface area contributed by atoms with Gasteiger partial charge in [-0.2, -0.15) is 0 Å². The Morgan fingerprint density at radius 1 is 1.42 bits per heavy atom. The lowest BCUT2D eigenvalue weighted by molar-refractivity contribution is -0.533. The molecule has 1 aliphatic heterocycles. The van der Waals surface area contributed by atoms with Gasteiger partial charge in [0.25, 0.3) is 5.69 Å². The zero-order chi connectivity index (χ0) is 14.0. The maximum atomic E-state index is 11.6. The van der Waals surface area contributed by atoms with Crippen molar-refractivity contribution >= 4 is 11.5 Å². The van der Waals surface area contributed by atoms with Crippen molar-refractivity contribution in [3.63, 3.8) is 0 Å². The summed E-state index contributed by atoms with van der Waals surface area (Å²) in [7, 11) is 3.04. The second-order valence-electron chi connectivity index (χ2n) is 4.02. The number of ether oxygens (including phenoxy) is 2. The van der Waals surface area contributed by atoms with E-state index in [0.717, 1.165) is 0 Å². The van der Waals surface area contributed by atoms with E-state index in [-0.39, 0.29) is 5.78 Å². The topological polar surface area (TPSA) is 80.4 Å². The molecule has 19 heavy (non-hydrogen) atoms. The predicted molar refractivity (Wildman–Crippen MR) is 63.5 cm³/mol. The van der Waals surface area contributed by atoms with Crippen LogP contribution in [0.25, 0.3) is 0 Å². The predicted octanol–water partition coefficient (Wildman–Crippen LogP) is 1.02. The summed E-state index contributed by atoms with van der Waals surface area (Å²) in [5, 5.41) is 13.3. The molecule has 1 aromatic carbocycles. The molecule has 1 aromatic rings. The van der Waals surface area contributed by atoms with Crippen LogP contribution in [-0.2, 0) is 9.63 Å². The van der Waals surface area contributed by atoms with Gasteiger partial charge in [-0.15, -0.1) is 0 Å². The number of carbonyl (C=O) groups excluding carboxylic acids is 1. The Kier molecular flexibility index (Phi) is 3.66. The zero-order valence-corrected chi connectivity index (χ0v) is 10.9. The molecular formula is C12H15N2O5+. The monoisotopic (exact) mass is 267 g/mol. The van der Waals surface area contributed by atoms with E-state index in [2.05, 4.69) is 5.28 Å². The molecule has 7 nitrogen and oxygen atoms in total. The van der Waals surface area contributed by atoms with E-state index in [0.29, 0.717) is 17.2 Å². The van der Waals surface area contributed by atoms with E-state index in [9.17, 15) is 9.90 Å². The van der Waals surface area contributed by atoms with Gasteiger partial charge in [0.2, 0.25) is 5.78 Å². The van der Waals surface area contributed by atoms with Crippen molar-refractivity contribution in [2.75, 3.05) is 14.2 Å². The van der Waals surface area contributed by atoms with E-state index in [4.69, 9.17) is 14.3 Å². The molecule has 2 rings (SSSR count). The summed E-state index contributed by atoms with van der Waals surface area (Å²) in [5.41, 5.74) is 0.514. The molecule has 2 atom stereocenters. The standard InChI is InChI=1S/C12H15N2O5/c1-7(15)11-12(16)19-13-14(11)9-5-4-8(17-2)6-10(9)18-3/h4-6,11-12,16H,1-3H3/q+1. The van der Waals surface area contributed by atoms with Crippen LogP contribution in [0.1, 0.15) is 6.92 Å². The lowest BCUT2D eigenvalue weighted by Crippen LogP contribution is -2.36. The van der Waals surface area contributed by atoms with Crippen LogP contribution in [-0.4, -0.2) is 42.1 Å². The quantitative estimate of drug-likeness (QED) is 0.824. The van der Waals surface area contributed by atoms with E-state index >= 15 is 0 Å². The first-order valence-corrected chi connectivity index (χ1v) is 5.65. The summed E-state index contributed by atoms with van der Waals surface area (Å²) in [6, 6.07) is 4.16. The summed E-state index contributed by atoms with van der Waals surface area (Å²) in [6.07, 6.45) is -1.29. The van der Waals surface area contributed by atoms with Gasteiger partial charge < -0.3 is 19.4 Å². The maximum absolute atomic E-state index is 11.6. The van der Waals surface area contributed by atoms with Crippen molar-refractivity contribution in [2.24, 2.45) is 5.28 Å². The number of benzene rings is 1. The number of methoxy groups -OCH3 is 2. The first-order chi connectivity index (χ1) is 9.08. The van der Waals surface area contributed by atoms with Gasteiger partial charge >= 0.3 is 12.3 Å². The SMILES string of the molecule is COc1ccc([N+]2=NOC(O)C2C(C)=O)c(OC)c1. The molecule has 1 aliphatic rings. The molecular weight excluding hydrogens is 252 g/mol. The first kappa shape index (κ1) is 13.3. The smallest absolute Gasteiger partial charge is 0.308 e. The average Bonchev–Trinajstić information content (AvgIpc) is 2.79. The highest BCUT2D eigenvalue weighted by molar-refractivity contribution is 5.81. The lowest BCUT2D eigenvalue weighted by atomic mass is 10.1. The average molecular weight is 267 g/mol. The summed E-state index contributed by atoms with van der Waals surface area (Å²) >= 11 is 0. The molecule has 0 aromatic heterocycles. The molecule has 0 bridgehead atoms. The maximum Gasteiger partial charge on any atom is 0.308 e. The van der Waals surface area contributed by atoms with Crippen LogP contribution in [0.3, 0.4) is 0 Å². The minimum Gasteiger partial charge on any atom is -0.497 e. The fourth-order valence-corrected chi connectivity index (χ4v) is 1.87. The Morgan fingerprint density at radius 2 is 2.16 bits per heavy atom. The van der Waals surface area contributed by atoms with Crippen molar-refractivity contribution < 1.29 is 28.9 Å². The third-order valence-corrected chi connectivity index (χ3v) is 2.83. The largest absolute Gasteiger partial charge is 0.497 e. The van der Waals surface area contributed by atoms with Crippen molar-refractivity contribution in [3.8, 4) is 11.5 Å². The van der Waals surface area contributed by atoms with Gasteiger partial charge in [-0.3, -0.25) is 4.79 Å². The molecule has 102 valence electrons. The molecule has 1 heterocycles. The van der Waals surface area contributed by atoms with Gasteiger partial charge in [0.1, 0.15) is 5.75 Å². The number of carbonyl (C=O) groups is 1. The molecule has 0 fully saturated rings. The van der Waals surface area contributed by atoms with E-state index in [1.807, 2.05) is 0 Å². The van der Waals surface area contributed by atoms with Crippen LogP contribution in [0.15, 0.2) is 23.5 Å². The molecule has 1 N–H and O–H groups in total. The molecule has 2 unspecified atom stereocenters. The lowest BCUT2D eigenvalue weighted by Gasteiger charge is -2.08. The number of aliphatic hydroxyl groups is 1. The number of nitrogens with zero attached hydrogens (tertiary/aromatic N) is 2. The second-order valence-corrected chi connectivity index (χ2v) is 4.02. The Bertz CT molecular complexity index is 529. The van der Waals surface area contributed by atoms with Gasteiger partial charge in [0, 0.05) is 19.1 Å². The number of Topliss-reactive ketones (excluding diaryl/α,β-unsaturated/α-hetero) is 1. The number of rotatable bonds is 4. The summed E-state index contributed by atoms with van der Waals surface area (Å²) in [5.74, 6) is 0.819. The van der Waals surface area contributed by atoms with Gasteiger partial charge in [0.15, 0.2) is 11.0 Å². The van der Waals surface area contributed by atoms with Crippen LogP contribution in [0, 0.1) is 0 Å². The Hall–Kier alpha value is -2.15. The molecule has 0 spiro atoms. The van der Waals surface area contributed by atoms with Crippen LogP contribution in [0.5, 0.6) is 11.5 Å². The van der Waals surface area contributed by atoms with Crippen molar-refractivity contribution in [1.82, 2.24) is 0 Å². The van der Waals surface area contributed by atoms with Gasteiger partial charge in [-0.25, -0.2) is 0 Å². The third kappa shape index (κ3) is 2.37. The minimum absolute atomic E-state index is 0.258. The molecule has 0 aliphatic carbocycles. The highest BCUT2D eigenvalue weighted by Gasteiger charge is 2.46. The normalized spacial score (nSPS) is 21.6. The van der Waals surface area contributed by atoms with E-state index in [1.165, 1.54) is 18.7 Å². The highest BCUT2D eigenvalue weighted by atomic mass is 16.7.